The molecule has 6 aromatic rings. The van der Waals surface area contributed by atoms with E-state index in [2.05, 4.69) is 20.2 Å². The minimum Gasteiger partial charge on any atom is -0.392 e. The van der Waals surface area contributed by atoms with Crippen molar-refractivity contribution in [2.75, 3.05) is 0 Å². The molecule has 0 fully saturated rings. The molecule has 0 aliphatic rings. The van der Waals surface area contributed by atoms with Crippen molar-refractivity contribution in [1.29, 1.82) is 0 Å². The largest absolute Gasteiger partial charge is 0.392 e. The van der Waals surface area contributed by atoms with Crippen molar-refractivity contribution in [2.24, 2.45) is 24.1 Å². The van der Waals surface area contributed by atoms with Gasteiger partial charge in [-0.15, -0.1) is 0 Å². The van der Waals surface area contributed by atoms with Crippen LogP contribution in [0.2, 0.25) is 0 Å². The van der Waals surface area contributed by atoms with E-state index >= 15 is 0 Å². The lowest BCUT2D eigenvalue weighted by atomic mass is 10.2. The number of carbonyl (C=O) groups excluding carboxylic acids is 2. The second-order valence-electron chi connectivity index (χ2n) is 11.6. The molecule has 4 aromatic heterocycles. The summed E-state index contributed by atoms with van der Waals surface area (Å²) in [6.07, 6.45) is 4.02. The molecule has 0 saturated carbocycles. The minimum absolute atomic E-state index is 0.151. The predicted octanol–water partition coefficient (Wildman–Crippen LogP) is 3.55. The van der Waals surface area contributed by atoms with Gasteiger partial charge in [0.25, 0.3) is 11.8 Å². The molecule has 0 aliphatic carbocycles. The fourth-order valence-electron chi connectivity index (χ4n) is 6.28. The average Bonchev–Trinajstić information content (AvgIpc) is 3.81. The molecular formula is C35H40N10O3. The molecule has 0 radical (unpaired) electrons. The third-order valence-corrected chi connectivity index (χ3v) is 8.50. The van der Waals surface area contributed by atoms with Crippen molar-refractivity contribution in [2.45, 2.75) is 60.5 Å². The molecule has 0 aliphatic heterocycles. The highest BCUT2D eigenvalue weighted by molar-refractivity contribution is 5.94. The first-order chi connectivity index (χ1) is 23.2. The predicted molar refractivity (Wildman–Crippen MR) is 182 cm³/mol. The van der Waals surface area contributed by atoms with E-state index in [1.807, 2.05) is 115 Å². The number of carbonyl (C=O) groups is 2. The number of rotatable bonds is 9. The van der Waals surface area contributed by atoms with Gasteiger partial charge in [0.05, 0.1) is 40.1 Å². The number of aromatic nitrogens is 8. The van der Waals surface area contributed by atoms with E-state index in [-0.39, 0.29) is 12.5 Å². The summed E-state index contributed by atoms with van der Waals surface area (Å²) in [5.74, 6) is -0.754. The van der Waals surface area contributed by atoms with Crippen molar-refractivity contribution in [3.63, 3.8) is 0 Å². The number of aryl methyl sites for hydroxylation is 6. The zero-order valence-electron chi connectivity index (χ0n) is 28.1. The molecule has 2 amide bonds. The van der Waals surface area contributed by atoms with Gasteiger partial charge in [0, 0.05) is 45.8 Å². The monoisotopic (exact) mass is 648 g/mol. The van der Waals surface area contributed by atoms with Crippen LogP contribution in [0, 0.1) is 13.8 Å². The molecule has 0 atom stereocenters. The average molecular weight is 649 g/mol. The quantitative estimate of drug-likeness (QED) is 0.240. The lowest BCUT2D eigenvalue weighted by Gasteiger charge is -2.04. The van der Waals surface area contributed by atoms with E-state index < -0.39 is 5.91 Å². The van der Waals surface area contributed by atoms with Gasteiger partial charge in [0.2, 0.25) is 11.2 Å². The molecule has 13 nitrogen and oxygen atoms in total. The van der Waals surface area contributed by atoms with Crippen molar-refractivity contribution in [3.05, 3.63) is 106 Å². The van der Waals surface area contributed by atoms with Gasteiger partial charge in [0.15, 0.2) is 0 Å². The summed E-state index contributed by atoms with van der Waals surface area (Å²) in [4.78, 5) is 36.1. The van der Waals surface area contributed by atoms with Crippen LogP contribution in [-0.2, 0) is 46.9 Å². The topological polar surface area (TPSA) is 134 Å². The lowest BCUT2D eigenvalue weighted by molar-refractivity contribution is 0.0977. The third-order valence-electron chi connectivity index (χ3n) is 8.50. The number of allylic oxidation sites excluding steroid dienone is 2. The summed E-state index contributed by atoms with van der Waals surface area (Å²) in [6.45, 7) is 9.38. The number of imidazole rings is 2. The van der Waals surface area contributed by atoms with E-state index in [9.17, 15) is 14.7 Å². The highest BCUT2D eigenvalue weighted by atomic mass is 16.3. The fraction of sp³-hybridized carbons (Fsp3) is 0.314. The molecule has 248 valence electrons. The molecule has 6 rings (SSSR count). The van der Waals surface area contributed by atoms with Crippen LogP contribution in [0.5, 0.6) is 0 Å². The maximum Gasteiger partial charge on any atom is 0.298 e. The Balaban J connectivity index is 1.40. The van der Waals surface area contributed by atoms with Crippen LogP contribution in [0.25, 0.3) is 22.1 Å². The Hall–Kier alpha value is -5.56. The highest BCUT2D eigenvalue weighted by Crippen LogP contribution is 2.19. The number of fused-ring (bicyclic) bond motifs is 2. The Labute approximate surface area is 277 Å². The molecule has 2 aromatic carbocycles. The number of hydrogen-bond acceptors (Lipinski definition) is 5. The SMILES string of the molecule is CCn1nc(C)cc1C(=O)N=c1n(C)c2ccccc2n1C/C=C/Cn1c(=NC(=O)c2cc(C)nn2CC)n(C)c2c(CO)cccc21. The first-order valence-corrected chi connectivity index (χ1v) is 16.0. The third kappa shape index (κ3) is 5.77. The Morgan fingerprint density at radius 1 is 0.729 bits per heavy atom. The van der Waals surface area contributed by atoms with Gasteiger partial charge in [-0.25, -0.2) is 0 Å². The van der Waals surface area contributed by atoms with Gasteiger partial charge in [0.1, 0.15) is 11.4 Å². The molecular weight excluding hydrogens is 608 g/mol. The van der Waals surface area contributed by atoms with Crippen molar-refractivity contribution in [3.8, 4) is 0 Å². The smallest absolute Gasteiger partial charge is 0.298 e. The van der Waals surface area contributed by atoms with Crippen LogP contribution in [0.15, 0.2) is 76.7 Å². The van der Waals surface area contributed by atoms with Crippen LogP contribution in [0.3, 0.4) is 0 Å². The van der Waals surface area contributed by atoms with Gasteiger partial charge >= 0.3 is 0 Å². The van der Waals surface area contributed by atoms with Crippen LogP contribution in [0.4, 0.5) is 0 Å². The number of amides is 2. The minimum atomic E-state index is -0.395. The summed E-state index contributed by atoms with van der Waals surface area (Å²) in [6, 6.07) is 17.1. The Morgan fingerprint density at radius 2 is 1.23 bits per heavy atom. The molecule has 0 bridgehead atoms. The first-order valence-electron chi connectivity index (χ1n) is 16.0. The summed E-state index contributed by atoms with van der Waals surface area (Å²) in [7, 11) is 3.75. The highest BCUT2D eigenvalue weighted by Gasteiger charge is 2.18. The van der Waals surface area contributed by atoms with Crippen LogP contribution in [0.1, 0.15) is 51.8 Å². The Morgan fingerprint density at radius 3 is 1.77 bits per heavy atom. The van der Waals surface area contributed by atoms with Crippen molar-refractivity contribution >= 4 is 33.9 Å². The zero-order valence-corrected chi connectivity index (χ0v) is 28.1. The fourth-order valence-corrected chi connectivity index (χ4v) is 6.28. The summed E-state index contributed by atoms with van der Waals surface area (Å²) < 4.78 is 11.0. The Bertz CT molecular complexity index is 2350. The van der Waals surface area contributed by atoms with Crippen molar-refractivity contribution < 1.29 is 14.7 Å². The number of para-hydroxylation sites is 3. The van der Waals surface area contributed by atoms with Crippen LogP contribution < -0.4 is 11.2 Å². The van der Waals surface area contributed by atoms with Gasteiger partial charge in [-0.05, 0) is 58.0 Å². The van der Waals surface area contributed by atoms with Gasteiger partial charge in [-0.2, -0.15) is 20.2 Å². The summed E-state index contributed by atoms with van der Waals surface area (Å²) >= 11 is 0. The maximum atomic E-state index is 13.5. The molecule has 0 unspecified atom stereocenters. The van der Waals surface area contributed by atoms with E-state index in [0.717, 1.165) is 39.0 Å². The van der Waals surface area contributed by atoms with Crippen LogP contribution >= 0.6 is 0 Å². The maximum absolute atomic E-state index is 13.5. The normalized spacial score (nSPS) is 12.8. The van der Waals surface area contributed by atoms with Crippen LogP contribution in [-0.4, -0.2) is 54.8 Å². The number of benzene rings is 2. The van der Waals surface area contributed by atoms with E-state index in [0.29, 0.717) is 48.8 Å². The molecule has 4 heterocycles. The first kappa shape index (κ1) is 32.4. The number of aliphatic hydroxyl groups is 1. The standard InChI is InChI=1S/C35H40N10O3/c1-7-44-29(20-23(3)38-44)32(47)36-34-40(5)26-15-9-10-16-27(26)42(34)18-11-12-19-43-28-17-13-14-25(22-46)31(28)41(6)35(43)37-33(48)30-21-24(4)39-45(30)8-2/h9-17,20-21,46H,7-8,18-19,22H2,1-6H3/b12-11+,36-34?,37-35?. The van der Waals surface area contributed by atoms with Gasteiger partial charge in [-0.3, -0.25) is 19.0 Å². The molecule has 0 spiro atoms. The Kier molecular flexibility index (Phi) is 8.96. The van der Waals surface area contributed by atoms with E-state index in [1.165, 1.54) is 0 Å². The van der Waals surface area contributed by atoms with E-state index in [1.54, 1.807) is 21.5 Å². The summed E-state index contributed by atoms with van der Waals surface area (Å²) in [5.41, 5.74) is 7.58. The van der Waals surface area contributed by atoms with E-state index in [4.69, 9.17) is 0 Å². The van der Waals surface area contributed by atoms with Crippen molar-refractivity contribution in [1.82, 2.24) is 37.8 Å². The molecule has 48 heavy (non-hydrogen) atoms. The number of hydrogen-bond donors (Lipinski definition) is 1. The summed E-state index contributed by atoms with van der Waals surface area (Å²) in [5, 5.41) is 19.0. The molecule has 1 N–H and O–H groups in total. The number of aliphatic hydroxyl groups excluding tert-OH is 1. The zero-order chi connectivity index (χ0) is 34.1. The van der Waals surface area contributed by atoms with Gasteiger partial charge < -0.3 is 23.4 Å². The van der Waals surface area contributed by atoms with Gasteiger partial charge in [-0.1, -0.05) is 36.4 Å². The lowest BCUT2D eigenvalue weighted by Crippen LogP contribution is -2.27. The second-order valence-corrected chi connectivity index (χ2v) is 11.6. The molecule has 13 heteroatoms. The molecule has 0 saturated heterocycles. The second kappa shape index (κ2) is 13.3. The number of nitrogens with zero attached hydrogens (tertiary/aromatic N) is 10.